The fourth-order valence-corrected chi connectivity index (χ4v) is 6.86. The number of anilines is 6. The summed E-state index contributed by atoms with van der Waals surface area (Å²) in [5, 5.41) is 6.11. The van der Waals surface area contributed by atoms with Crippen molar-refractivity contribution in [3.05, 3.63) is 169 Å². The zero-order valence-corrected chi connectivity index (χ0v) is 29.7. The van der Waals surface area contributed by atoms with Gasteiger partial charge < -0.3 is 9.47 Å². The second-order valence-corrected chi connectivity index (χ2v) is 12.2. The normalized spacial score (nSPS) is 12.3. The van der Waals surface area contributed by atoms with Crippen LogP contribution in [0, 0.1) is 19.1 Å². The molecule has 3 heterocycles. The predicted octanol–water partition coefficient (Wildman–Crippen LogP) is 10.6. The van der Waals surface area contributed by atoms with Crippen LogP contribution in [0.25, 0.3) is 38.8 Å². The fraction of sp³-hybridized carbons (Fsp3) is 0.0465. The van der Waals surface area contributed by atoms with Gasteiger partial charge in [0, 0.05) is 44.2 Å². The molecule has 1 aliphatic heterocycles. The molecule has 1 aliphatic rings. The van der Waals surface area contributed by atoms with E-state index in [2.05, 4.69) is 150 Å². The maximum Gasteiger partial charge on any atom is 0.145 e. The Kier molecular flexibility index (Phi) is 8.20. The number of rotatable bonds is 6. The Morgan fingerprint density at radius 1 is 0.660 bits per heavy atom. The SMILES string of the molecule is Cc1ccccc1-c1ccnc(-n2c3[c-]c(N(c4[c-]c(N5[OH+]N(C)c6ccccc65)ccc4)c4ccccc4)ccc3c3ccccc32)c1.[Pt]. The van der Waals surface area contributed by atoms with Crippen LogP contribution in [0.3, 0.4) is 0 Å². The predicted molar refractivity (Wildman–Crippen MR) is 200 cm³/mol. The van der Waals surface area contributed by atoms with Gasteiger partial charge in [0.1, 0.15) is 17.2 Å². The van der Waals surface area contributed by atoms with Gasteiger partial charge in [0.05, 0.1) is 7.05 Å². The van der Waals surface area contributed by atoms with Gasteiger partial charge in [-0.3, -0.25) is 0 Å². The van der Waals surface area contributed by atoms with Gasteiger partial charge in [-0.05, 0) is 71.5 Å². The van der Waals surface area contributed by atoms with Crippen molar-refractivity contribution in [3.63, 3.8) is 0 Å². The molecule has 246 valence electrons. The molecule has 0 saturated heterocycles. The number of nitrogens with zero attached hydrogens (tertiary/aromatic N) is 5. The van der Waals surface area contributed by atoms with Crippen LogP contribution in [0.2, 0.25) is 0 Å². The first-order chi connectivity index (χ1) is 24.1. The average Bonchev–Trinajstić information content (AvgIpc) is 3.67. The van der Waals surface area contributed by atoms with Gasteiger partial charge in [0.25, 0.3) is 0 Å². The van der Waals surface area contributed by atoms with Crippen LogP contribution in [0.5, 0.6) is 0 Å². The summed E-state index contributed by atoms with van der Waals surface area (Å²) in [6.07, 6.45) is 1.90. The van der Waals surface area contributed by atoms with Crippen LogP contribution in [-0.4, -0.2) is 21.5 Å². The second kappa shape index (κ2) is 13.0. The van der Waals surface area contributed by atoms with E-state index in [0.717, 1.165) is 67.3 Å². The summed E-state index contributed by atoms with van der Waals surface area (Å²) in [5.74, 6) is 0.846. The molecule has 0 radical (unpaired) electrons. The summed E-state index contributed by atoms with van der Waals surface area (Å²) >= 11 is 0. The third-order valence-electron chi connectivity index (χ3n) is 9.17. The summed E-state index contributed by atoms with van der Waals surface area (Å²) in [7, 11) is 1.97. The number of para-hydroxylation sites is 4. The van der Waals surface area contributed by atoms with Crippen molar-refractivity contribution in [1.82, 2.24) is 9.55 Å². The van der Waals surface area contributed by atoms with E-state index in [-0.39, 0.29) is 21.1 Å². The molecule has 8 aromatic rings. The van der Waals surface area contributed by atoms with Crippen molar-refractivity contribution < 1.29 is 26.0 Å². The minimum absolute atomic E-state index is 0. The molecule has 0 spiro atoms. The quantitative estimate of drug-likeness (QED) is 0.124. The maximum atomic E-state index is 4.91. The number of hydroxylamine groups is 1. The van der Waals surface area contributed by atoms with E-state index in [0.29, 0.717) is 0 Å². The van der Waals surface area contributed by atoms with E-state index in [4.69, 9.17) is 9.92 Å². The van der Waals surface area contributed by atoms with E-state index in [1.54, 1.807) is 0 Å². The molecule has 0 saturated carbocycles. The van der Waals surface area contributed by atoms with E-state index in [9.17, 15) is 0 Å². The molecule has 6 aromatic carbocycles. The van der Waals surface area contributed by atoms with E-state index in [1.165, 1.54) is 11.1 Å². The molecule has 6 nitrogen and oxygen atoms in total. The molecular formula is C43H32N5OPt-. The van der Waals surface area contributed by atoms with Crippen LogP contribution in [0.15, 0.2) is 152 Å². The van der Waals surface area contributed by atoms with Crippen LogP contribution >= 0.6 is 0 Å². The first-order valence-corrected chi connectivity index (χ1v) is 16.3. The van der Waals surface area contributed by atoms with Crippen molar-refractivity contribution in [2.24, 2.45) is 0 Å². The van der Waals surface area contributed by atoms with Crippen molar-refractivity contribution in [2.75, 3.05) is 22.1 Å². The van der Waals surface area contributed by atoms with Crippen LogP contribution in [-0.2, 0) is 21.1 Å². The van der Waals surface area contributed by atoms with E-state index < -0.39 is 0 Å². The third-order valence-corrected chi connectivity index (χ3v) is 9.17. The number of pyridine rings is 1. The van der Waals surface area contributed by atoms with Crippen molar-refractivity contribution >= 4 is 55.9 Å². The van der Waals surface area contributed by atoms with E-state index >= 15 is 0 Å². The smallest absolute Gasteiger partial charge is 0.145 e. The second-order valence-electron chi connectivity index (χ2n) is 12.2. The molecule has 0 bridgehead atoms. The van der Waals surface area contributed by atoms with Crippen molar-refractivity contribution in [2.45, 2.75) is 6.92 Å². The van der Waals surface area contributed by atoms with Gasteiger partial charge in [-0.25, -0.2) is 4.98 Å². The monoisotopic (exact) mass is 829 g/mol. The molecule has 0 amide bonds. The number of hydrogen-bond donors (Lipinski definition) is 0. The van der Waals surface area contributed by atoms with Gasteiger partial charge in [0.15, 0.2) is 0 Å². The van der Waals surface area contributed by atoms with Gasteiger partial charge >= 0.3 is 0 Å². The Bertz CT molecular complexity index is 2490. The van der Waals surface area contributed by atoms with Gasteiger partial charge in [0.2, 0.25) is 0 Å². The molecule has 50 heavy (non-hydrogen) atoms. The Hall–Kier alpha value is -5.68. The summed E-state index contributed by atoms with van der Waals surface area (Å²) in [4.78, 5) is 11.9. The number of aryl methyl sites for hydroxylation is 1. The Labute approximate surface area is 305 Å². The third kappa shape index (κ3) is 5.34. The molecule has 7 heteroatoms. The number of aromatic nitrogens is 2. The zero-order valence-electron chi connectivity index (χ0n) is 27.4. The van der Waals surface area contributed by atoms with E-state index in [1.807, 2.05) is 47.6 Å². The molecule has 0 atom stereocenters. The summed E-state index contributed by atoms with van der Waals surface area (Å²) < 4.78 is 2.23. The molecule has 0 aliphatic carbocycles. The molecule has 1 N–H and O–H groups in total. The maximum absolute atomic E-state index is 4.91. The zero-order chi connectivity index (χ0) is 32.9. The van der Waals surface area contributed by atoms with Gasteiger partial charge in [-0.2, -0.15) is 17.1 Å². The first kappa shape index (κ1) is 31.6. The van der Waals surface area contributed by atoms with Crippen LogP contribution in [0.1, 0.15) is 5.56 Å². The topological polar surface area (TPSA) is 40.3 Å². The largest absolute Gasteiger partial charge is 0.358 e. The number of benzene rings is 6. The molecular weight excluding hydrogens is 798 g/mol. The van der Waals surface area contributed by atoms with Crippen LogP contribution < -0.4 is 15.0 Å². The standard InChI is InChI=1S/C43H31N5O.Pt/c1-30-13-6-7-18-36(30)31-25-26-44-43(27-31)47-39-20-9-8-19-37(39)38-24-23-34(29-42(38)47)46(32-14-4-3-5-15-32)33-16-12-17-35(28-33)48-41-22-11-10-21-40(41)45(2)49-48;/h3-27H,1-2H3;/q-2;/p+1. The summed E-state index contributed by atoms with van der Waals surface area (Å²) in [6, 6.07) is 57.9. The Morgan fingerprint density at radius 2 is 1.40 bits per heavy atom. The average molecular weight is 830 g/mol. The Morgan fingerprint density at radius 3 is 2.26 bits per heavy atom. The van der Waals surface area contributed by atoms with Gasteiger partial charge in [-0.15, -0.1) is 45.8 Å². The minimum atomic E-state index is 0. The molecule has 0 unspecified atom stereocenters. The molecule has 2 aromatic heterocycles. The van der Waals surface area contributed by atoms with Crippen molar-refractivity contribution in [3.8, 4) is 16.9 Å². The number of fused-ring (bicyclic) bond motifs is 4. The number of hydrogen-bond acceptors (Lipinski definition) is 4. The fourth-order valence-electron chi connectivity index (χ4n) is 6.86. The van der Waals surface area contributed by atoms with Gasteiger partial charge in [-0.1, -0.05) is 89.7 Å². The minimum Gasteiger partial charge on any atom is -0.358 e. The molecule has 0 fully saturated rings. The Balaban J connectivity index is 0.00000361. The summed E-state index contributed by atoms with van der Waals surface area (Å²) in [6.45, 7) is 2.15. The first-order valence-electron chi connectivity index (χ1n) is 16.3. The molecule has 9 rings (SSSR count). The van der Waals surface area contributed by atoms with Crippen molar-refractivity contribution in [1.29, 1.82) is 0 Å². The summed E-state index contributed by atoms with van der Waals surface area (Å²) in [5.41, 5.74) is 11.3. The van der Waals surface area contributed by atoms with Crippen LogP contribution in [0.4, 0.5) is 34.1 Å².